The number of rotatable bonds is 0. The SMILES string of the molecule is N#Cc1ccc2c3c1CCNCC3COC2. The van der Waals surface area contributed by atoms with Crippen molar-refractivity contribution in [3.63, 3.8) is 0 Å². The summed E-state index contributed by atoms with van der Waals surface area (Å²) in [7, 11) is 0. The number of hydrogen-bond acceptors (Lipinski definition) is 3. The molecule has 0 bridgehead atoms. The van der Waals surface area contributed by atoms with Crippen LogP contribution >= 0.6 is 0 Å². The smallest absolute Gasteiger partial charge is 0.0994 e. The fraction of sp³-hybridized carbons (Fsp3) is 0.462. The Bertz CT molecular complexity index is 462. The van der Waals surface area contributed by atoms with E-state index < -0.39 is 0 Å². The lowest BCUT2D eigenvalue weighted by Gasteiger charge is -2.26. The van der Waals surface area contributed by atoms with Crippen molar-refractivity contribution in [2.45, 2.75) is 18.9 Å². The van der Waals surface area contributed by atoms with Crippen LogP contribution in [-0.4, -0.2) is 19.7 Å². The van der Waals surface area contributed by atoms with Crippen LogP contribution in [0.4, 0.5) is 0 Å². The van der Waals surface area contributed by atoms with Crippen LogP contribution in [0.3, 0.4) is 0 Å². The van der Waals surface area contributed by atoms with Crippen molar-refractivity contribution in [2.24, 2.45) is 0 Å². The van der Waals surface area contributed by atoms with Crippen LogP contribution in [0.15, 0.2) is 12.1 Å². The predicted molar refractivity (Wildman–Crippen MR) is 60.1 cm³/mol. The summed E-state index contributed by atoms with van der Waals surface area (Å²) in [5.74, 6) is 0.426. The summed E-state index contributed by atoms with van der Waals surface area (Å²) in [6, 6.07) is 6.30. The van der Waals surface area contributed by atoms with Crippen LogP contribution in [0, 0.1) is 11.3 Å². The molecule has 3 rings (SSSR count). The Labute approximate surface area is 95.0 Å². The van der Waals surface area contributed by atoms with Gasteiger partial charge in [-0.3, -0.25) is 0 Å². The molecule has 2 aliphatic heterocycles. The Morgan fingerprint density at radius 1 is 1.44 bits per heavy atom. The van der Waals surface area contributed by atoms with Crippen molar-refractivity contribution >= 4 is 0 Å². The van der Waals surface area contributed by atoms with E-state index in [2.05, 4.69) is 17.5 Å². The van der Waals surface area contributed by atoms with E-state index in [4.69, 9.17) is 10.00 Å². The van der Waals surface area contributed by atoms with Crippen LogP contribution in [0.2, 0.25) is 0 Å². The topological polar surface area (TPSA) is 45.0 Å². The molecule has 0 amide bonds. The summed E-state index contributed by atoms with van der Waals surface area (Å²) in [5, 5.41) is 12.6. The molecule has 0 saturated carbocycles. The molecule has 0 saturated heterocycles. The van der Waals surface area contributed by atoms with E-state index in [9.17, 15) is 0 Å². The van der Waals surface area contributed by atoms with Crippen molar-refractivity contribution in [1.82, 2.24) is 5.32 Å². The minimum Gasteiger partial charge on any atom is -0.376 e. The number of hydrogen-bond donors (Lipinski definition) is 1. The highest BCUT2D eigenvalue weighted by molar-refractivity contribution is 5.50. The third kappa shape index (κ3) is 1.42. The summed E-state index contributed by atoms with van der Waals surface area (Å²) in [4.78, 5) is 0. The summed E-state index contributed by atoms with van der Waals surface area (Å²) < 4.78 is 5.59. The van der Waals surface area contributed by atoms with Crippen LogP contribution in [0.25, 0.3) is 0 Å². The third-order valence-electron chi connectivity index (χ3n) is 3.50. The van der Waals surface area contributed by atoms with E-state index in [0.29, 0.717) is 12.5 Å². The molecule has 16 heavy (non-hydrogen) atoms. The lowest BCUT2D eigenvalue weighted by molar-refractivity contribution is 0.0913. The van der Waals surface area contributed by atoms with Gasteiger partial charge in [-0.1, -0.05) is 6.07 Å². The summed E-state index contributed by atoms with van der Waals surface area (Å²) in [6.45, 7) is 3.41. The maximum absolute atomic E-state index is 9.15. The Morgan fingerprint density at radius 2 is 2.38 bits per heavy atom. The predicted octanol–water partition coefficient (Wildman–Crippen LogP) is 1.32. The molecule has 0 spiro atoms. The van der Waals surface area contributed by atoms with Crippen LogP contribution in [0.5, 0.6) is 0 Å². The van der Waals surface area contributed by atoms with Gasteiger partial charge >= 0.3 is 0 Å². The Hall–Kier alpha value is -1.37. The molecule has 0 fully saturated rings. The summed E-state index contributed by atoms with van der Waals surface area (Å²) in [5.41, 5.74) is 4.75. The second-order valence-corrected chi connectivity index (χ2v) is 4.44. The average molecular weight is 214 g/mol. The van der Waals surface area contributed by atoms with Gasteiger partial charge in [0.1, 0.15) is 0 Å². The quantitative estimate of drug-likeness (QED) is 0.708. The van der Waals surface area contributed by atoms with Crippen molar-refractivity contribution in [1.29, 1.82) is 5.26 Å². The zero-order chi connectivity index (χ0) is 11.0. The highest BCUT2D eigenvalue weighted by Crippen LogP contribution is 2.32. The standard InChI is InChI=1S/C13H14N2O/c14-5-9-1-2-10-7-16-8-11-6-15-4-3-12(9)13(10)11/h1-2,11,15H,3-4,6-8H2. The van der Waals surface area contributed by atoms with Crippen molar-refractivity contribution < 1.29 is 4.74 Å². The molecule has 1 aromatic carbocycles. The van der Waals surface area contributed by atoms with E-state index in [1.54, 1.807) is 0 Å². The van der Waals surface area contributed by atoms with Gasteiger partial charge in [-0.2, -0.15) is 5.26 Å². The first-order valence-corrected chi connectivity index (χ1v) is 5.73. The molecule has 3 heteroatoms. The largest absolute Gasteiger partial charge is 0.376 e. The molecule has 3 nitrogen and oxygen atoms in total. The van der Waals surface area contributed by atoms with Gasteiger partial charge in [0.25, 0.3) is 0 Å². The second-order valence-electron chi connectivity index (χ2n) is 4.44. The molecule has 0 aromatic heterocycles. The number of ether oxygens (including phenoxy) is 1. The van der Waals surface area contributed by atoms with Crippen LogP contribution in [-0.2, 0) is 17.8 Å². The zero-order valence-electron chi connectivity index (χ0n) is 9.12. The molecular weight excluding hydrogens is 200 g/mol. The van der Waals surface area contributed by atoms with Gasteiger partial charge in [-0.15, -0.1) is 0 Å². The van der Waals surface area contributed by atoms with Gasteiger partial charge in [-0.25, -0.2) is 0 Å². The summed E-state index contributed by atoms with van der Waals surface area (Å²) >= 11 is 0. The van der Waals surface area contributed by atoms with Gasteiger partial charge in [0.2, 0.25) is 0 Å². The molecule has 1 N–H and O–H groups in total. The highest BCUT2D eigenvalue weighted by atomic mass is 16.5. The number of benzene rings is 1. The minimum absolute atomic E-state index is 0.426. The first-order chi connectivity index (χ1) is 7.90. The Morgan fingerprint density at radius 3 is 3.25 bits per heavy atom. The number of nitrogens with one attached hydrogen (secondary N) is 1. The van der Waals surface area contributed by atoms with Crippen molar-refractivity contribution in [2.75, 3.05) is 19.7 Å². The van der Waals surface area contributed by atoms with Gasteiger partial charge in [0.05, 0.1) is 24.8 Å². The van der Waals surface area contributed by atoms with Gasteiger partial charge in [0, 0.05) is 12.5 Å². The fourth-order valence-electron chi connectivity index (χ4n) is 2.77. The molecule has 0 aliphatic carbocycles. The third-order valence-corrected chi connectivity index (χ3v) is 3.50. The number of nitriles is 1. The fourth-order valence-corrected chi connectivity index (χ4v) is 2.77. The maximum atomic E-state index is 9.15. The minimum atomic E-state index is 0.426. The van der Waals surface area contributed by atoms with Crippen LogP contribution in [0.1, 0.15) is 28.2 Å². The van der Waals surface area contributed by atoms with Gasteiger partial charge in [0.15, 0.2) is 0 Å². The molecule has 2 heterocycles. The monoisotopic (exact) mass is 214 g/mol. The van der Waals surface area contributed by atoms with E-state index in [-0.39, 0.29) is 0 Å². The molecule has 2 aliphatic rings. The average Bonchev–Trinajstić information content (AvgIpc) is 2.55. The van der Waals surface area contributed by atoms with E-state index >= 15 is 0 Å². The van der Waals surface area contributed by atoms with E-state index in [0.717, 1.165) is 31.7 Å². The van der Waals surface area contributed by atoms with Crippen molar-refractivity contribution in [3.05, 3.63) is 34.4 Å². The molecule has 1 aromatic rings. The molecule has 1 unspecified atom stereocenters. The Kier molecular flexibility index (Phi) is 2.39. The maximum Gasteiger partial charge on any atom is 0.0994 e. The molecule has 0 radical (unpaired) electrons. The van der Waals surface area contributed by atoms with Gasteiger partial charge in [-0.05, 0) is 35.7 Å². The second kappa shape index (κ2) is 3.89. The highest BCUT2D eigenvalue weighted by Gasteiger charge is 2.26. The van der Waals surface area contributed by atoms with Crippen LogP contribution < -0.4 is 5.32 Å². The molecule has 1 atom stereocenters. The molecular formula is C13H14N2O. The zero-order valence-corrected chi connectivity index (χ0v) is 9.12. The van der Waals surface area contributed by atoms with E-state index in [1.807, 2.05) is 6.07 Å². The normalized spacial score (nSPS) is 23.1. The lowest BCUT2D eigenvalue weighted by atomic mass is 9.86. The van der Waals surface area contributed by atoms with Gasteiger partial charge < -0.3 is 10.1 Å². The first-order valence-electron chi connectivity index (χ1n) is 5.73. The first kappa shape index (κ1) is 9.83. The van der Waals surface area contributed by atoms with E-state index in [1.165, 1.54) is 16.7 Å². The Balaban J connectivity index is 2.21. The number of nitrogens with zero attached hydrogens (tertiary/aromatic N) is 1. The lowest BCUT2D eigenvalue weighted by Crippen LogP contribution is -2.26. The molecule has 82 valence electrons. The van der Waals surface area contributed by atoms with Crippen molar-refractivity contribution in [3.8, 4) is 6.07 Å². The summed E-state index contributed by atoms with van der Waals surface area (Å²) in [6.07, 6.45) is 0.961.